The van der Waals surface area contributed by atoms with E-state index in [1.54, 1.807) is 0 Å². The zero-order valence-corrected chi connectivity index (χ0v) is 15.1. The molecule has 1 aliphatic rings. The molecular formula is C17H13F2NO7S. The van der Waals surface area contributed by atoms with Crippen molar-refractivity contribution in [3.05, 3.63) is 48.0 Å². The maximum atomic E-state index is 13.0. The van der Waals surface area contributed by atoms with Gasteiger partial charge in [0.05, 0.1) is 10.5 Å². The highest BCUT2D eigenvalue weighted by Crippen LogP contribution is 2.42. The first kappa shape index (κ1) is 19.5. The standard InChI is InChI=1S/C17H13F2NO7S/c1-28(23,24)12-5-2-10(3-6-12)16(22)25-9-15(21)20-11-4-7-13-14(8-11)27-17(18,19)26-13/h2-8H,9H2,1H3,(H,20,21). The van der Waals surface area contributed by atoms with Gasteiger partial charge in [0.2, 0.25) is 0 Å². The van der Waals surface area contributed by atoms with E-state index in [0.29, 0.717) is 0 Å². The van der Waals surface area contributed by atoms with E-state index in [1.807, 2.05) is 0 Å². The Morgan fingerprint density at radius 1 is 1.07 bits per heavy atom. The minimum absolute atomic E-state index is 0.0372. The van der Waals surface area contributed by atoms with Gasteiger partial charge in [-0.3, -0.25) is 4.79 Å². The van der Waals surface area contributed by atoms with Gasteiger partial charge in [0.1, 0.15) is 0 Å². The van der Waals surface area contributed by atoms with Crippen molar-refractivity contribution in [2.75, 3.05) is 18.2 Å². The number of alkyl halides is 2. The quantitative estimate of drug-likeness (QED) is 0.749. The largest absolute Gasteiger partial charge is 0.586 e. The molecule has 11 heteroatoms. The van der Waals surface area contributed by atoms with Crippen molar-refractivity contribution in [2.45, 2.75) is 11.2 Å². The maximum Gasteiger partial charge on any atom is 0.586 e. The summed E-state index contributed by atoms with van der Waals surface area (Å²) in [5.74, 6) is -1.97. The molecule has 148 valence electrons. The third-order valence-corrected chi connectivity index (χ3v) is 4.67. The Morgan fingerprint density at radius 2 is 1.71 bits per heavy atom. The highest BCUT2D eigenvalue weighted by molar-refractivity contribution is 7.90. The van der Waals surface area contributed by atoms with Gasteiger partial charge >= 0.3 is 12.3 Å². The van der Waals surface area contributed by atoms with Crippen molar-refractivity contribution >= 4 is 27.4 Å². The molecule has 28 heavy (non-hydrogen) atoms. The fraction of sp³-hybridized carbons (Fsp3) is 0.176. The minimum atomic E-state index is -3.77. The molecule has 1 amide bonds. The molecule has 1 N–H and O–H groups in total. The molecule has 0 saturated heterocycles. The van der Waals surface area contributed by atoms with Crippen molar-refractivity contribution in [3.8, 4) is 11.5 Å². The van der Waals surface area contributed by atoms with Gasteiger partial charge in [0, 0.05) is 18.0 Å². The molecule has 0 fully saturated rings. The zero-order chi connectivity index (χ0) is 20.5. The number of ether oxygens (including phenoxy) is 3. The first-order valence-corrected chi connectivity index (χ1v) is 9.60. The average molecular weight is 413 g/mol. The molecule has 8 nitrogen and oxygen atoms in total. The fourth-order valence-electron chi connectivity index (χ4n) is 2.28. The van der Waals surface area contributed by atoms with Crippen molar-refractivity contribution in [3.63, 3.8) is 0 Å². The molecule has 2 aromatic carbocycles. The molecule has 0 aromatic heterocycles. The molecule has 0 radical (unpaired) electrons. The van der Waals surface area contributed by atoms with Gasteiger partial charge in [-0.25, -0.2) is 13.2 Å². The molecule has 2 aromatic rings. The number of fused-ring (bicyclic) bond motifs is 1. The summed E-state index contributed by atoms with van der Waals surface area (Å²) in [5, 5.41) is 2.36. The number of sulfone groups is 1. The van der Waals surface area contributed by atoms with Crippen LogP contribution in [0.1, 0.15) is 10.4 Å². The molecule has 0 atom stereocenters. The second kappa shape index (κ2) is 7.08. The number of amides is 1. The number of benzene rings is 2. The van der Waals surface area contributed by atoms with Crippen LogP contribution in [0.3, 0.4) is 0 Å². The monoisotopic (exact) mass is 413 g/mol. The molecule has 1 aliphatic heterocycles. The highest BCUT2D eigenvalue weighted by atomic mass is 32.2. The Hall–Kier alpha value is -3.21. The number of hydrogen-bond acceptors (Lipinski definition) is 7. The van der Waals surface area contributed by atoms with Gasteiger partial charge in [0.15, 0.2) is 27.9 Å². The van der Waals surface area contributed by atoms with Crippen LogP contribution < -0.4 is 14.8 Å². The van der Waals surface area contributed by atoms with Crippen LogP contribution in [0.4, 0.5) is 14.5 Å². The Morgan fingerprint density at radius 3 is 2.36 bits per heavy atom. The van der Waals surface area contributed by atoms with Gasteiger partial charge in [-0.05, 0) is 36.4 Å². The molecule has 0 aliphatic carbocycles. The normalized spacial score (nSPS) is 14.4. The van der Waals surface area contributed by atoms with E-state index in [-0.39, 0.29) is 27.6 Å². The second-order valence-corrected chi connectivity index (χ2v) is 7.77. The van der Waals surface area contributed by atoms with Crippen molar-refractivity contribution in [1.29, 1.82) is 0 Å². The van der Waals surface area contributed by atoms with E-state index in [9.17, 15) is 26.8 Å². The number of esters is 1. The van der Waals surface area contributed by atoms with Crippen LogP contribution in [0.15, 0.2) is 47.4 Å². The van der Waals surface area contributed by atoms with E-state index < -0.39 is 34.6 Å². The molecule has 0 saturated carbocycles. The third kappa shape index (κ3) is 4.55. The van der Waals surface area contributed by atoms with Gasteiger partial charge in [-0.1, -0.05) is 0 Å². The lowest BCUT2D eigenvalue weighted by molar-refractivity contribution is -0.286. The molecule has 3 rings (SSSR count). The van der Waals surface area contributed by atoms with Crippen molar-refractivity contribution in [2.24, 2.45) is 0 Å². The summed E-state index contributed by atoms with van der Waals surface area (Å²) < 4.78 is 62.0. The summed E-state index contributed by atoms with van der Waals surface area (Å²) in [6, 6.07) is 8.65. The summed E-state index contributed by atoms with van der Waals surface area (Å²) in [4.78, 5) is 23.8. The van der Waals surface area contributed by atoms with Crippen LogP contribution >= 0.6 is 0 Å². The highest BCUT2D eigenvalue weighted by Gasteiger charge is 2.43. The van der Waals surface area contributed by atoms with Crippen LogP contribution in [-0.4, -0.2) is 39.5 Å². The van der Waals surface area contributed by atoms with E-state index >= 15 is 0 Å². The summed E-state index contributed by atoms with van der Waals surface area (Å²) >= 11 is 0. The van der Waals surface area contributed by atoms with Crippen LogP contribution in [0, 0.1) is 0 Å². The molecule has 0 unspecified atom stereocenters. The lowest BCUT2D eigenvalue weighted by atomic mass is 10.2. The lowest BCUT2D eigenvalue weighted by Gasteiger charge is -2.07. The summed E-state index contributed by atoms with van der Waals surface area (Å²) in [6.07, 6.45) is -2.74. The SMILES string of the molecule is CS(=O)(=O)c1ccc(C(=O)OCC(=O)Nc2ccc3c(c2)OC(F)(F)O3)cc1. The molecular weight excluding hydrogens is 400 g/mol. The topological polar surface area (TPSA) is 108 Å². The van der Waals surface area contributed by atoms with Crippen LogP contribution in [-0.2, 0) is 19.4 Å². The zero-order valence-electron chi connectivity index (χ0n) is 14.3. The Kier molecular flexibility index (Phi) is 4.94. The van der Waals surface area contributed by atoms with Gasteiger partial charge < -0.3 is 19.5 Å². The van der Waals surface area contributed by atoms with Crippen LogP contribution in [0.5, 0.6) is 11.5 Å². The lowest BCUT2D eigenvalue weighted by Crippen LogP contribution is -2.25. The van der Waals surface area contributed by atoms with Crippen molar-refractivity contribution < 1.29 is 41.0 Å². The van der Waals surface area contributed by atoms with Crippen LogP contribution in [0.25, 0.3) is 0 Å². The van der Waals surface area contributed by atoms with E-state index in [2.05, 4.69) is 14.8 Å². The van der Waals surface area contributed by atoms with Crippen LogP contribution in [0.2, 0.25) is 0 Å². The number of carbonyl (C=O) groups is 2. The number of rotatable bonds is 5. The Labute approximate surface area is 157 Å². The maximum absolute atomic E-state index is 13.0. The van der Waals surface area contributed by atoms with Gasteiger partial charge in [-0.15, -0.1) is 8.78 Å². The molecule has 0 spiro atoms. The second-order valence-electron chi connectivity index (χ2n) is 5.75. The number of hydrogen-bond donors (Lipinski definition) is 1. The number of nitrogens with one attached hydrogen (secondary N) is 1. The molecule has 1 heterocycles. The first-order chi connectivity index (χ1) is 13.0. The average Bonchev–Trinajstić information content (AvgIpc) is 2.92. The molecule has 0 bridgehead atoms. The number of halogens is 2. The van der Waals surface area contributed by atoms with E-state index in [4.69, 9.17) is 4.74 Å². The minimum Gasteiger partial charge on any atom is -0.452 e. The Bertz CT molecular complexity index is 1040. The van der Waals surface area contributed by atoms with E-state index in [1.165, 1.54) is 36.4 Å². The predicted octanol–water partition coefficient (Wildman–Crippen LogP) is 2.21. The first-order valence-electron chi connectivity index (χ1n) is 7.70. The predicted molar refractivity (Wildman–Crippen MR) is 91.1 cm³/mol. The van der Waals surface area contributed by atoms with Gasteiger partial charge in [0.25, 0.3) is 5.91 Å². The Balaban J connectivity index is 1.55. The van der Waals surface area contributed by atoms with Gasteiger partial charge in [-0.2, -0.15) is 0 Å². The summed E-state index contributed by atoms with van der Waals surface area (Å²) in [5.41, 5.74) is 0.198. The number of anilines is 1. The van der Waals surface area contributed by atoms with E-state index in [0.717, 1.165) is 12.3 Å². The fourth-order valence-corrected chi connectivity index (χ4v) is 2.91. The third-order valence-electron chi connectivity index (χ3n) is 3.54. The number of carbonyl (C=O) groups excluding carboxylic acids is 2. The smallest absolute Gasteiger partial charge is 0.452 e. The summed E-state index contributed by atoms with van der Waals surface area (Å²) in [7, 11) is -3.40. The van der Waals surface area contributed by atoms with Crippen molar-refractivity contribution in [1.82, 2.24) is 0 Å². The summed E-state index contributed by atoms with van der Waals surface area (Å²) in [6.45, 7) is -0.642.